The maximum atomic E-state index is 11.5. The van der Waals surface area contributed by atoms with Gasteiger partial charge in [0.15, 0.2) is 0 Å². The van der Waals surface area contributed by atoms with Crippen LogP contribution in [0.15, 0.2) is 0 Å². The summed E-state index contributed by atoms with van der Waals surface area (Å²) in [7, 11) is 0. The van der Waals surface area contributed by atoms with Crippen molar-refractivity contribution in [3.05, 3.63) is 0 Å². The zero-order chi connectivity index (χ0) is 11.1. The van der Waals surface area contributed by atoms with Crippen molar-refractivity contribution in [2.45, 2.75) is 33.3 Å². The molecule has 0 aromatic carbocycles. The SMILES string of the molecule is CCC(C(=O)OC(CO)CO)C(C)C. The first-order valence-corrected chi connectivity index (χ1v) is 4.98. The van der Waals surface area contributed by atoms with Crippen LogP contribution in [0.25, 0.3) is 0 Å². The lowest BCUT2D eigenvalue weighted by atomic mass is 9.93. The fraction of sp³-hybridized carbons (Fsp3) is 0.900. The third kappa shape index (κ3) is 4.07. The lowest BCUT2D eigenvalue weighted by Crippen LogP contribution is -2.31. The van der Waals surface area contributed by atoms with Crippen LogP contribution in [0.5, 0.6) is 0 Å². The van der Waals surface area contributed by atoms with Crippen LogP contribution in [0.1, 0.15) is 27.2 Å². The predicted molar refractivity (Wildman–Crippen MR) is 52.7 cm³/mol. The molecule has 0 radical (unpaired) electrons. The largest absolute Gasteiger partial charge is 0.457 e. The van der Waals surface area contributed by atoms with Gasteiger partial charge in [0.05, 0.1) is 19.1 Å². The highest BCUT2D eigenvalue weighted by Crippen LogP contribution is 2.17. The molecule has 0 saturated carbocycles. The zero-order valence-corrected chi connectivity index (χ0v) is 9.06. The maximum absolute atomic E-state index is 11.5. The van der Waals surface area contributed by atoms with Crippen molar-refractivity contribution in [2.75, 3.05) is 13.2 Å². The summed E-state index contributed by atoms with van der Waals surface area (Å²) in [6, 6.07) is 0. The molecule has 0 amide bonds. The highest BCUT2D eigenvalue weighted by Gasteiger charge is 2.24. The highest BCUT2D eigenvalue weighted by molar-refractivity contribution is 5.72. The van der Waals surface area contributed by atoms with Crippen LogP contribution in [0.4, 0.5) is 0 Å². The van der Waals surface area contributed by atoms with Crippen molar-refractivity contribution in [2.24, 2.45) is 11.8 Å². The van der Waals surface area contributed by atoms with E-state index in [-0.39, 0.29) is 31.0 Å². The summed E-state index contributed by atoms with van der Waals surface area (Å²) in [5.74, 6) is -0.281. The average molecular weight is 204 g/mol. The molecule has 14 heavy (non-hydrogen) atoms. The van der Waals surface area contributed by atoms with E-state index >= 15 is 0 Å². The first-order chi connectivity index (χ1) is 6.56. The summed E-state index contributed by atoms with van der Waals surface area (Å²) in [6.45, 7) is 5.14. The van der Waals surface area contributed by atoms with Crippen molar-refractivity contribution in [3.63, 3.8) is 0 Å². The molecule has 0 aromatic rings. The third-order valence-electron chi connectivity index (χ3n) is 2.24. The quantitative estimate of drug-likeness (QED) is 0.621. The number of esters is 1. The molecule has 0 aromatic heterocycles. The van der Waals surface area contributed by atoms with Crippen molar-refractivity contribution in [1.82, 2.24) is 0 Å². The highest BCUT2D eigenvalue weighted by atomic mass is 16.6. The Hall–Kier alpha value is -0.610. The van der Waals surface area contributed by atoms with Gasteiger partial charge in [-0.05, 0) is 12.3 Å². The molecule has 0 aliphatic rings. The van der Waals surface area contributed by atoms with Gasteiger partial charge in [-0.25, -0.2) is 0 Å². The number of aliphatic hydroxyl groups is 2. The van der Waals surface area contributed by atoms with Gasteiger partial charge in [-0.1, -0.05) is 20.8 Å². The molecule has 84 valence electrons. The van der Waals surface area contributed by atoms with Crippen LogP contribution in [0, 0.1) is 11.8 Å². The Balaban J connectivity index is 4.16. The molecule has 0 rings (SSSR count). The van der Waals surface area contributed by atoms with Crippen molar-refractivity contribution >= 4 is 5.97 Å². The van der Waals surface area contributed by atoms with Gasteiger partial charge in [0, 0.05) is 0 Å². The number of ether oxygens (including phenoxy) is 1. The van der Waals surface area contributed by atoms with E-state index in [0.29, 0.717) is 6.42 Å². The van der Waals surface area contributed by atoms with E-state index in [1.165, 1.54) is 0 Å². The first kappa shape index (κ1) is 13.4. The topological polar surface area (TPSA) is 66.8 Å². The second-order valence-electron chi connectivity index (χ2n) is 3.68. The Morgan fingerprint density at radius 1 is 1.29 bits per heavy atom. The molecular formula is C10H20O4. The number of hydrogen-bond acceptors (Lipinski definition) is 4. The summed E-state index contributed by atoms with van der Waals surface area (Å²) in [6.07, 6.45) is -0.0737. The zero-order valence-electron chi connectivity index (χ0n) is 9.06. The second kappa shape index (κ2) is 6.79. The van der Waals surface area contributed by atoms with Crippen LogP contribution >= 0.6 is 0 Å². The monoisotopic (exact) mass is 204 g/mol. The number of carbonyl (C=O) groups excluding carboxylic acids is 1. The Kier molecular flexibility index (Phi) is 6.49. The van der Waals surface area contributed by atoms with E-state index < -0.39 is 6.10 Å². The number of aliphatic hydroxyl groups excluding tert-OH is 2. The molecule has 0 aliphatic carbocycles. The van der Waals surface area contributed by atoms with Crippen LogP contribution in [0.2, 0.25) is 0 Å². The first-order valence-electron chi connectivity index (χ1n) is 4.98. The molecular weight excluding hydrogens is 184 g/mol. The molecule has 0 heterocycles. The van der Waals surface area contributed by atoms with Gasteiger partial charge < -0.3 is 14.9 Å². The van der Waals surface area contributed by atoms with Crippen LogP contribution in [-0.4, -0.2) is 35.5 Å². The minimum Gasteiger partial charge on any atom is -0.457 e. The Morgan fingerprint density at radius 2 is 1.79 bits per heavy atom. The van der Waals surface area contributed by atoms with Crippen molar-refractivity contribution in [3.8, 4) is 0 Å². The van der Waals surface area contributed by atoms with Gasteiger partial charge in [-0.3, -0.25) is 4.79 Å². The normalized spacial score (nSPS) is 13.4. The standard InChI is InChI=1S/C10H20O4/c1-4-9(7(2)3)10(13)14-8(5-11)6-12/h7-9,11-12H,4-6H2,1-3H3. The number of carbonyl (C=O) groups is 1. The van der Waals surface area contributed by atoms with Gasteiger partial charge in [0.2, 0.25) is 0 Å². The lowest BCUT2D eigenvalue weighted by Gasteiger charge is -2.20. The third-order valence-corrected chi connectivity index (χ3v) is 2.24. The fourth-order valence-electron chi connectivity index (χ4n) is 1.29. The molecule has 0 aliphatic heterocycles. The minimum absolute atomic E-state index is 0.157. The minimum atomic E-state index is -0.782. The summed E-state index contributed by atoms with van der Waals surface area (Å²) in [5.41, 5.74) is 0. The second-order valence-corrected chi connectivity index (χ2v) is 3.68. The molecule has 0 fully saturated rings. The molecule has 0 saturated heterocycles. The van der Waals surface area contributed by atoms with Crippen LogP contribution < -0.4 is 0 Å². The molecule has 0 bridgehead atoms. The van der Waals surface area contributed by atoms with Crippen molar-refractivity contribution < 1.29 is 19.7 Å². The fourth-order valence-corrected chi connectivity index (χ4v) is 1.29. The van der Waals surface area contributed by atoms with Gasteiger partial charge >= 0.3 is 5.97 Å². The molecule has 2 N–H and O–H groups in total. The smallest absolute Gasteiger partial charge is 0.309 e. The summed E-state index contributed by atoms with van der Waals surface area (Å²) < 4.78 is 4.92. The van der Waals surface area contributed by atoms with Crippen molar-refractivity contribution in [1.29, 1.82) is 0 Å². The van der Waals surface area contributed by atoms with E-state index in [0.717, 1.165) is 0 Å². The van der Waals surface area contributed by atoms with E-state index in [1.807, 2.05) is 20.8 Å². The van der Waals surface area contributed by atoms with E-state index in [4.69, 9.17) is 14.9 Å². The summed E-state index contributed by atoms with van der Waals surface area (Å²) in [4.78, 5) is 11.5. The van der Waals surface area contributed by atoms with Crippen LogP contribution in [-0.2, 0) is 9.53 Å². The van der Waals surface area contributed by atoms with Gasteiger partial charge in [-0.15, -0.1) is 0 Å². The Bertz CT molecular complexity index is 164. The number of rotatable bonds is 6. The average Bonchev–Trinajstić information content (AvgIpc) is 2.14. The Labute approximate surface area is 84.9 Å². The molecule has 4 heteroatoms. The Morgan fingerprint density at radius 3 is 2.07 bits per heavy atom. The van der Waals surface area contributed by atoms with Crippen LogP contribution in [0.3, 0.4) is 0 Å². The van der Waals surface area contributed by atoms with Gasteiger partial charge in [0.25, 0.3) is 0 Å². The molecule has 1 unspecified atom stereocenters. The summed E-state index contributed by atoms with van der Waals surface area (Å²) >= 11 is 0. The van der Waals surface area contributed by atoms with Gasteiger partial charge in [-0.2, -0.15) is 0 Å². The lowest BCUT2D eigenvalue weighted by molar-refractivity contribution is -0.160. The van der Waals surface area contributed by atoms with E-state index in [9.17, 15) is 4.79 Å². The summed E-state index contributed by atoms with van der Waals surface area (Å²) in [5, 5.41) is 17.5. The number of hydrogen-bond donors (Lipinski definition) is 2. The molecule has 1 atom stereocenters. The van der Waals surface area contributed by atoms with E-state index in [1.54, 1.807) is 0 Å². The van der Waals surface area contributed by atoms with E-state index in [2.05, 4.69) is 0 Å². The molecule has 4 nitrogen and oxygen atoms in total. The predicted octanol–water partition coefficient (Wildman–Crippen LogP) is 0.565. The van der Waals surface area contributed by atoms with Gasteiger partial charge in [0.1, 0.15) is 6.10 Å². The maximum Gasteiger partial charge on any atom is 0.309 e. The molecule has 0 spiro atoms.